The number of ketones is 1. The number of carbonyl (C=O) groups excluding carboxylic acids is 1. The molecule has 2 heterocycles. The number of hydrogen-bond donors (Lipinski definition) is 0. The number of aryl methyl sites for hydroxylation is 1. The lowest BCUT2D eigenvalue weighted by Gasteiger charge is -2.30. The minimum absolute atomic E-state index is 0.119. The molecule has 0 unspecified atom stereocenters. The van der Waals surface area contributed by atoms with Gasteiger partial charge >= 0.3 is 0 Å². The summed E-state index contributed by atoms with van der Waals surface area (Å²) in [7, 11) is 1.91. The Hall–Kier alpha value is -2.71. The molecular weight excluding hydrogens is 342 g/mol. The summed E-state index contributed by atoms with van der Waals surface area (Å²) < 4.78 is 0. The van der Waals surface area contributed by atoms with Crippen LogP contribution in [-0.4, -0.2) is 25.9 Å². The van der Waals surface area contributed by atoms with Gasteiger partial charge in [0.25, 0.3) is 0 Å². The first-order valence-corrected chi connectivity index (χ1v) is 9.51. The Balaban J connectivity index is 1.61. The Morgan fingerprint density at radius 2 is 1.88 bits per heavy atom. The van der Waals surface area contributed by atoms with Gasteiger partial charge in [-0.05, 0) is 36.6 Å². The number of para-hydroxylation sites is 2. The molecule has 2 aromatic rings. The third-order valence-electron chi connectivity index (χ3n) is 4.88. The highest BCUT2D eigenvalue weighted by atomic mass is 32.2. The molecule has 0 aromatic heterocycles. The van der Waals surface area contributed by atoms with Crippen LogP contribution >= 0.6 is 11.8 Å². The number of thioether (sulfide) groups is 1. The van der Waals surface area contributed by atoms with Gasteiger partial charge in [-0.2, -0.15) is 5.26 Å². The van der Waals surface area contributed by atoms with Crippen molar-refractivity contribution < 1.29 is 4.79 Å². The first-order chi connectivity index (χ1) is 12.7. The van der Waals surface area contributed by atoms with E-state index in [0.29, 0.717) is 0 Å². The summed E-state index contributed by atoms with van der Waals surface area (Å²) in [6.45, 7) is 1.09. The largest absolute Gasteiger partial charge is 0.364 e. The van der Waals surface area contributed by atoms with Crippen LogP contribution in [0.2, 0.25) is 0 Å². The summed E-state index contributed by atoms with van der Waals surface area (Å²) in [6, 6.07) is 18.4. The van der Waals surface area contributed by atoms with Crippen molar-refractivity contribution in [2.45, 2.75) is 17.7 Å². The van der Waals surface area contributed by atoms with E-state index in [1.165, 1.54) is 17.3 Å². The molecule has 130 valence electrons. The minimum Gasteiger partial charge on any atom is -0.364 e. The van der Waals surface area contributed by atoms with Crippen LogP contribution in [0.1, 0.15) is 12.0 Å². The highest BCUT2D eigenvalue weighted by molar-refractivity contribution is 8.03. The van der Waals surface area contributed by atoms with Gasteiger partial charge in [0.1, 0.15) is 16.7 Å². The molecule has 2 aliphatic rings. The van der Waals surface area contributed by atoms with Crippen LogP contribution in [-0.2, 0) is 11.2 Å². The standard InChI is InChI=1S/C21H19N3OS/c1-23-18-10-4-5-11-20(18)26-21(23)16(13-22)19(25)14-24-12-6-8-15-7-2-3-9-17(15)24/h2-5,7,9-11H,6,8,12,14H2,1H3. The number of nitrogens with zero attached hydrogens (tertiary/aromatic N) is 3. The summed E-state index contributed by atoms with van der Waals surface area (Å²) in [6.07, 6.45) is 2.07. The van der Waals surface area contributed by atoms with Crippen LogP contribution in [0.4, 0.5) is 11.4 Å². The molecule has 0 radical (unpaired) electrons. The van der Waals surface area contributed by atoms with Gasteiger partial charge in [-0.1, -0.05) is 42.1 Å². The number of carbonyl (C=O) groups is 1. The van der Waals surface area contributed by atoms with Crippen LogP contribution in [0.25, 0.3) is 0 Å². The Morgan fingerprint density at radius 3 is 2.65 bits per heavy atom. The lowest BCUT2D eigenvalue weighted by Crippen LogP contribution is -2.35. The average molecular weight is 361 g/mol. The third kappa shape index (κ3) is 2.87. The molecule has 0 saturated heterocycles. The number of benzene rings is 2. The highest BCUT2D eigenvalue weighted by Crippen LogP contribution is 2.46. The molecule has 5 heteroatoms. The van der Waals surface area contributed by atoms with Gasteiger partial charge in [0.15, 0.2) is 5.78 Å². The predicted molar refractivity (Wildman–Crippen MR) is 105 cm³/mol. The van der Waals surface area contributed by atoms with Crippen molar-refractivity contribution in [3.05, 3.63) is 64.7 Å². The number of hydrogen-bond acceptors (Lipinski definition) is 5. The predicted octanol–water partition coefficient (Wildman–Crippen LogP) is 3.99. The number of rotatable bonds is 3. The molecule has 0 fully saturated rings. The number of fused-ring (bicyclic) bond motifs is 2. The molecule has 4 rings (SSSR count). The number of anilines is 2. The molecule has 0 aliphatic carbocycles. The number of nitriles is 1. The molecule has 0 N–H and O–H groups in total. The maximum atomic E-state index is 13.0. The highest BCUT2D eigenvalue weighted by Gasteiger charge is 2.29. The molecule has 26 heavy (non-hydrogen) atoms. The lowest BCUT2D eigenvalue weighted by molar-refractivity contribution is -0.114. The fourth-order valence-electron chi connectivity index (χ4n) is 3.58. The Labute approximate surface area is 157 Å². The van der Waals surface area contributed by atoms with E-state index in [0.717, 1.165) is 40.7 Å². The quantitative estimate of drug-likeness (QED) is 0.611. The molecule has 0 saturated carbocycles. The summed E-state index contributed by atoms with van der Waals surface area (Å²) in [5, 5.41) is 10.4. The maximum absolute atomic E-state index is 13.0. The van der Waals surface area contributed by atoms with Crippen molar-refractivity contribution in [1.82, 2.24) is 0 Å². The second-order valence-electron chi connectivity index (χ2n) is 6.50. The second-order valence-corrected chi connectivity index (χ2v) is 7.53. The van der Waals surface area contributed by atoms with Crippen LogP contribution in [0, 0.1) is 11.3 Å². The van der Waals surface area contributed by atoms with Gasteiger partial charge < -0.3 is 9.80 Å². The van der Waals surface area contributed by atoms with E-state index >= 15 is 0 Å². The fourth-order valence-corrected chi connectivity index (χ4v) is 4.74. The number of Topliss-reactive ketones (excluding diaryl/α,β-unsaturated/α-hetero) is 1. The van der Waals surface area contributed by atoms with Gasteiger partial charge in [-0.25, -0.2) is 0 Å². The van der Waals surface area contributed by atoms with E-state index in [1.807, 2.05) is 48.3 Å². The van der Waals surface area contributed by atoms with E-state index in [1.54, 1.807) is 0 Å². The van der Waals surface area contributed by atoms with Crippen molar-refractivity contribution in [3.8, 4) is 6.07 Å². The van der Waals surface area contributed by atoms with Crippen LogP contribution in [0.3, 0.4) is 0 Å². The summed E-state index contributed by atoms with van der Waals surface area (Å²) in [5.74, 6) is -0.119. The van der Waals surface area contributed by atoms with Gasteiger partial charge in [0.05, 0.1) is 12.2 Å². The zero-order chi connectivity index (χ0) is 18.1. The summed E-state index contributed by atoms with van der Waals surface area (Å²) in [4.78, 5) is 18.1. The summed E-state index contributed by atoms with van der Waals surface area (Å²) in [5.41, 5.74) is 3.68. The van der Waals surface area contributed by atoms with Gasteiger partial charge in [0.2, 0.25) is 0 Å². The molecule has 0 spiro atoms. The van der Waals surface area contributed by atoms with E-state index in [2.05, 4.69) is 23.1 Å². The van der Waals surface area contributed by atoms with Crippen molar-refractivity contribution in [2.75, 3.05) is 29.9 Å². The minimum atomic E-state index is -0.119. The molecule has 0 amide bonds. The van der Waals surface area contributed by atoms with Crippen LogP contribution in [0.15, 0.2) is 64.0 Å². The molecule has 2 aromatic carbocycles. The van der Waals surface area contributed by atoms with E-state index in [-0.39, 0.29) is 17.9 Å². The van der Waals surface area contributed by atoms with E-state index in [9.17, 15) is 10.1 Å². The normalized spacial score (nSPS) is 17.4. The maximum Gasteiger partial charge on any atom is 0.195 e. The fraction of sp³-hybridized carbons (Fsp3) is 0.238. The Kier molecular flexibility index (Phi) is 4.44. The van der Waals surface area contributed by atoms with Crippen molar-refractivity contribution in [3.63, 3.8) is 0 Å². The smallest absolute Gasteiger partial charge is 0.195 e. The van der Waals surface area contributed by atoms with E-state index < -0.39 is 0 Å². The third-order valence-corrected chi connectivity index (χ3v) is 6.12. The van der Waals surface area contributed by atoms with Crippen molar-refractivity contribution >= 4 is 28.9 Å². The van der Waals surface area contributed by atoms with Crippen LogP contribution in [0.5, 0.6) is 0 Å². The van der Waals surface area contributed by atoms with Gasteiger partial charge in [-0.3, -0.25) is 4.79 Å². The lowest BCUT2D eigenvalue weighted by atomic mass is 10.0. The van der Waals surface area contributed by atoms with Crippen molar-refractivity contribution in [1.29, 1.82) is 5.26 Å². The van der Waals surface area contributed by atoms with Crippen LogP contribution < -0.4 is 9.80 Å². The Morgan fingerprint density at radius 1 is 1.15 bits per heavy atom. The monoisotopic (exact) mass is 361 g/mol. The molecule has 0 bridgehead atoms. The summed E-state index contributed by atoms with van der Waals surface area (Å²) >= 11 is 1.50. The van der Waals surface area contributed by atoms with E-state index in [4.69, 9.17) is 0 Å². The SMILES string of the molecule is CN1C(=C(C#N)C(=O)CN2CCCc3ccccc32)Sc2ccccc21. The zero-order valence-corrected chi connectivity index (χ0v) is 15.4. The topological polar surface area (TPSA) is 47.3 Å². The van der Waals surface area contributed by atoms with Gasteiger partial charge in [0, 0.05) is 24.2 Å². The Bertz CT molecular complexity index is 944. The first kappa shape index (κ1) is 16.7. The first-order valence-electron chi connectivity index (χ1n) is 8.70. The second kappa shape index (κ2) is 6.89. The van der Waals surface area contributed by atoms with Crippen molar-refractivity contribution in [2.24, 2.45) is 0 Å². The molecule has 4 nitrogen and oxygen atoms in total. The molecule has 2 aliphatic heterocycles. The zero-order valence-electron chi connectivity index (χ0n) is 14.6. The van der Waals surface area contributed by atoms with Gasteiger partial charge in [-0.15, -0.1) is 0 Å². The molecule has 0 atom stereocenters. The average Bonchev–Trinajstić information content (AvgIpc) is 3.00. The molecular formula is C21H19N3OS.